The van der Waals surface area contributed by atoms with E-state index in [0.29, 0.717) is 15.1 Å². The first kappa shape index (κ1) is 12.9. The average Bonchev–Trinajstić information content (AvgIpc) is 2.81. The van der Waals surface area contributed by atoms with Gasteiger partial charge in [-0.3, -0.25) is 4.79 Å². The highest BCUT2D eigenvalue weighted by molar-refractivity contribution is 9.10. The number of carboxylic acids is 1. The van der Waals surface area contributed by atoms with Crippen molar-refractivity contribution in [3.8, 4) is 0 Å². The molecule has 1 aromatic heterocycles. The van der Waals surface area contributed by atoms with Gasteiger partial charge in [-0.1, -0.05) is 17.7 Å². The second-order valence-corrected chi connectivity index (χ2v) is 4.77. The molecule has 6 heteroatoms. The Morgan fingerprint density at radius 1 is 1.33 bits per heavy atom. The van der Waals surface area contributed by atoms with Crippen LogP contribution in [0.25, 0.3) is 0 Å². The van der Waals surface area contributed by atoms with Crippen LogP contribution in [0.5, 0.6) is 0 Å². The van der Waals surface area contributed by atoms with Gasteiger partial charge in [0.2, 0.25) is 0 Å². The number of H-pyrrole nitrogens is 1. The zero-order chi connectivity index (χ0) is 13.3. The van der Waals surface area contributed by atoms with E-state index in [-0.39, 0.29) is 17.0 Å². The molecule has 0 atom stereocenters. The maximum absolute atomic E-state index is 12.1. The van der Waals surface area contributed by atoms with Gasteiger partial charge in [-0.15, -0.1) is 0 Å². The Hall–Kier alpha value is -1.59. The molecule has 0 unspecified atom stereocenters. The van der Waals surface area contributed by atoms with Gasteiger partial charge in [0.25, 0.3) is 0 Å². The molecule has 2 rings (SSSR count). The zero-order valence-corrected chi connectivity index (χ0v) is 11.2. The minimum atomic E-state index is -1.12. The van der Waals surface area contributed by atoms with Crippen molar-refractivity contribution in [2.45, 2.75) is 0 Å². The van der Waals surface area contributed by atoms with Gasteiger partial charge < -0.3 is 10.1 Å². The minimum absolute atomic E-state index is 0.0375. The maximum atomic E-state index is 12.1. The third-order valence-corrected chi connectivity index (χ3v) is 3.67. The van der Waals surface area contributed by atoms with E-state index in [4.69, 9.17) is 16.7 Å². The molecule has 0 aliphatic rings. The Kier molecular flexibility index (Phi) is 3.54. The van der Waals surface area contributed by atoms with Crippen molar-refractivity contribution in [3.05, 3.63) is 56.8 Å². The fourth-order valence-electron chi connectivity index (χ4n) is 1.48. The molecule has 1 heterocycles. The number of aromatic amines is 1. The van der Waals surface area contributed by atoms with Crippen LogP contribution in [-0.4, -0.2) is 21.8 Å². The average molecular weight is 329 g/mol. The summed E-state index contributed by atoms with van der Waals surface area (Å²) in [6, 6.07) is 6.28. The van der Waals surface area contributed by atoms with E-state index in [1.165, 1.54) is 12.3 Å². The lowest BCUT2D eigenvalue weighted by Crippen LogP contribution is -2.01. The number of hydrogen-bond acceptors (Lipinski definition) is 2. The van der Waals surface area contributed by atoms with Gasteiger partial charge in [-0.2, -0.15) is 0 Å². The highest BCUT2D eigenvalue weighted by Crippen LogP contribution is 2.27. The maximum Gasteiger partial charge on any atom is 0.352 e. The number of rotatable bonds is 3. The van der Waals surface area contributed by atoms with Crippen LogP contribution in [-0.2, 0) is 0 Å². The summed E-state index contributed by atoms with van der Waals surface area (Å²) in [6.07, 6.45) is 1.35. The smallest absolute Gasteiger partial charge is 0.352 e. The predicted molar refractivity (Wildman–Crippen MR) is 70.3 cm³/mol. The van der Waals surface area contributed by atoms with Gasteiger partial charge in [0.1, 0.15) is 5.69 Å². The summed E-state index contributed by atoms with van der Waals surface area (Å²) >= 11 is 9.24. The van der Waals surface area contributed by atoms with E-state index >= 15 is 0 Å². The van der Waals surface area contributed by atoms with Crippen LogP contribution in [0, 0.1) is 0 Å². The number of aromatic nitrogens is 1. The van der Waals surface area contributed by atoms with Gasteiger partial charge in [-0.25, -0.2) is 4.79 Å². The zero-order valence-electron chi connectivity index (χ0n) is 8.91. The van der Waals surface area contributed by atoms with Crippen molar-refractivity contribution < 1.29 is 14.7 Å². The fraction of sp³-hybridized carbons (Fsp3) is 0. The Labute approximate surface area is 116 Å². The van der Waals surface area contributed by atoms with Gasteiger partial charge in [-0.05, 0) is 34.1 Å². The molecular formula is C12H7BrClNO3. The summed E-state index contributed by atoms with van der Waals surface area (Å²) < 4.78 is 0.615. The molecule has 4 nitrogen and oxygen atoms in total. The summed E-state index contributed by atoms with van der Waals surface area (Å²) in [4.78, 5) is 25.4. The number of halogens is 2. The lowest BCUT2D eigenvalue weighted by Gasteiger charge is -2.03. The summed E-state index contributed by atoms with van der Waals surface area (Å²) in [5.41, 5.74) is 0.541. The first-order valence-electron chi connectivity index (χ1n) is 4.91. The molecule has 2 aromatic rings. The van der Waals surface area contributed by atoms with Crippen LogP contribution in [0.3, 0.4) is 0 Å². The third-order valence-electron chi connectivity index (χ3n) is 2.37. The number of benzene rings is 1. The standard InChI is InChI=1S/C12H7BrClNO3/c13-8-3-1-2-7(10(8)14)11(16)6-4-9(12(17)18)15-5-6/h1-5,15H,(H,17,18). The molecular weight excluding hydrogens is 321 g/mol. The lowest BCUT2D eigenvalue weighted by atomic mass is 10.1. The molecule has 0 fully saturated rings. The molecule has 0 radical (unpaired) electrons. The summed E-state index contributed by atoms with van der Waals surface area (Å²) in [5.74, 6) is -1.44. The Balaban J connectivity index is 2.41. The van der Waals surface area contributed by atoms with Crippen molar-refractivity contribution in [1.29, 1.82) is 0 Å². The monoisotopic (exact) mass is 327 g/mol. The van der Waals surface area contributed by atoms with Gasteiger partial charge >= 0.3 is 5.97 Å². The molecule has 0 spiro atoms. The summed E-state index contributed by atoms with van der Waals surface area (Å²) in [7, 11) is 0. The first-order valence-corrected chi connectivity index (χ1v) is 6.08. The predicted octanol–water partition coefficient (Wildman–Crippen LogP) is 3.36. The van der Waals surface area contributed by atoms with Crippen molar-refractivity contribution in [2.24, 2.45) is 0 Å². The second kappa shape index (κ2) is 4.96. The number of carbonyl (C=O) groups excluding carboxylic acids is 1. The molecule has 0 amide bonds. The molecule has 1 aromatic carbocycles. The Morgan fingerprint density at radius 2 is 2.06 bits per heavy atom. The number of aromatic carboxylic acids is 1. The lowest BCUT2D eigenvalue weighted by molar-refractivity contribution is 0.0691. The van der Waals surface area contributed by atoms with Gasteiger partial charge in [0, 0.05) is 21.8 Å². The summed E-state index contributed by atoms with van der Waals surface area (Å²) in [5, 5.41) is 9.08. The van der Waals surface area contributed by atoms with E-state index in [0.717, 1.165) is 0 Å². The summed E-state index contributed by atoms with van der Waals surface area (Å²) in [6.45, 7) is 0. The topological polar surface area (TPSA) is 70.2 Å². The third kappa shape index (κ3) is 2.32. The molecule has 0 saturated carbocycles. The highest BCUT2D eigenvalue weighted by atomic mass is 79.9. The number of carbonyl (C=O) groups is 2. The van der Waals surface area contributed by atoms with Crippen LogP contribution in [0.4, 0.5) is 0 Å². The van der Waals surface area contributed by atoms with Crippen molar-refractivity contribution in [2.75, 3.05) is 0 Å². The highest BCUT2D eigenvalue weighted by Gasteiger charge is 2.17. The Bertz CT molecular complexity index is 636. The number of nitrogens with one attached hydrogen (secondary N) is 1. The van der Waals surface area contributed by atoms with Gasteiger partial charge in [0.15, 0.2) is 5.78 Å². The molecule has 0 aliphatic carbocycles. The molecule has 18 heavy (non-hydrogen) atoms. The Morgan fingerprint density at radius 3 is 2.67 bits per heavy atom. The second-order valence-electron chi connectivity index (χ2n) is 3.54. The SMILES string of the molecule is O=C(O)c1cc(C(=O)c2cccc(Br)c2Cl)c[nH]1. The van der Waals surface area contributed by atoms with Crippen molar-refractivity contribution in [1.82, 2.24) is 4.98 Å². The molecule has 0 saturated heterocycles. The molecule has 0 bridgehead atoms. The van der Waals surface area contributed by atoms with Gasteiger partial charge in [0.05, 0.1) is 5.02 Å². The quantitative estimate of drug-likeness (QED) is 0.849. The van der Waals surface area contributed by atoms with Crippen molar-refractivity contribution >= 4 is 39.3 Å². The fourth-order valence-corrected chi connectivity index (χ4v) is 2.06. The number of hydrogen-bond donors (Lipinski definition) is 2. The van der Waals surface area contributed by atoms with Crippen LogP contribution in [0.1, 0.15) is 26.4 Å². The van der Waals surface area contributed by atoms with E-state index < -0.39 is 5.97 Å². The molecule has 2 N–H and O–H groups in total. The van der Waals surface area contributed by atoms with Crippen LogP contribution in [0.2, 0.25) is 5.02 Å². The van der Waals surface area contributed by atoms with Crippen LogP contribution in [0.15, 0.2) is 34.9 Å². The largest absolute Gasteiger partial charge is 0.477 e. The van der Waals surface area contributed by atoms with Crippen LogP contribution < -0.4 is 0 Å². The number of ketones is 1. The van der Waals surface area contributed by atoms with E-state index in [9.17, 15) is 9.59 Å². The van der Waals surface area contributed by atoms with E-state index in [1.54, 1.807) is 18.2 Å². The van der Waals surface area contributed by atoms with E-state index in [1.807, 2.05) is 0 Å². The molecule has 0 aliphatic heterocycles. The first-order chi connectivity index (χ1) is 8.50. The number of carboxylic acid groups (broad SMARTS) is 1. The van der Waals surface area contributed by atoms with Crippen LogP contribution >= 0.6 is 27.5 Å². The van der Waals surface area contributed by atoms with E-state index in [2.05, 4.69) is 20.9 Å². The molecule has 92 valence electrons. The normalized spacial score (nSPS) is 10.3. The van der Waals surface area contributed by atoms with Crippen molar-refractivity contribution in [3.63, 3.8) is 0 Å². The minimum Gasteiger partial charge on any atom is -0.477 e.